The van der Waals surface area contributed by atoms with E-state index >= 15 is 0 Å². The van der Waals surface area contributed by atoms with Gasteiger partial charge in [0.1, 0.15) is 0 Å². The van der Waals surface area contributed by atoms with Gasteiger partial charge in [-0.1, -0.05) is 18.6 Å². The van der Waals surface area contributed by atoms with Crippen molar-refractivity contribution in [3.8, 4) is 0 Å². The van der Waals surface area contributed by atoms with E-state index < -0.39 is 0 Å². The number of nitrogens with one attached hydrogen (secondary N) is 1. The van der Waals surface area contributed by atoms with E-state index in [0.717, 1.165) is 39.4 Å². The number of rotatable bonds is 6. The first kappa shape index (κ1) is 15.2. The molecule has 2 fully saturated rings. The molecule has 116 valence electrons. The Bertz CT molecular complexity index is 433. The zero-order valence-corrected chi connectivity index (χ0v) is 13.8. The third-order valence-electron chi connectivity index (χ3n) is 4.79. The summed E-state index contributed by atoms with van der Waals surface area (Å²) in [4.78, 5) is 2.40. The van der Waals surface area contributed by atoms with Gasteiger partial charge in [-0.05, 0) is 36.8 Å². The van der Waals surface area contributed by atoms with Crippen LogP contribution < -0.4 is 10.2 Å². The fourth-order valence-electron chi connectivity index (χ4n) is 3.10. The molecule has 0 atom stereocenters. The van der Waals surface area contributed by atoms with Crippen LogP contribution in [0.15, 0.2) is 24.3 Å². The minimum atomic E-state index is 0.522. The fraction of sp³-hybridized carbons (Fsp3) is 0.647. The van der Waals surface area contributed by atoms with Crippen LogP contribution in [0.4, 0.5) is 5.69 Å². The molecule has 21 heavy (non-hydrogen) atoms. The molecule has 1 aliphatic heterocycles. The van der Waals surface area contributed by atoms with Crippen LogP contribution in [-0.2, 0) is 11.3 Å². The minimum Gasteiger partial charge on any atom is -0.378 e. The maximum atomic E-state index is 5.40. The number of nitrogens with zero attached hydrogens (tertiary/aromatic N) is 1. The summed E-state index contributed by atoms with van der Waals surface area (Å²) in [6.07, 6.45) is 6.39. The van der Waals surface area contributed by atoms with Crippen LogP contribution in [-0.4, -0.2) is 43.9 Å². The molecule has 0 bridgehead atoms. The Kier molecular flexibility index (Phi) is 5.09. The molecular formula is C17H26N2OS. The van der Waals surface area contributed by atoms with Gasteiger partial charge in [0.05, 0.1) is 13.2 Å². The Morgan fingerprint density at radius 3 is 2.48 bits per heavy atom. The van der Waals surface area contributed by atoms with Gasteiger partial charge >= 0.3 is 0 Å². The highest BCUT2D eigenvalue weighted by Gasteiger charge is 2.35. The highest BCUT2D eigenvalue weighted by Crippen LogP contribution is 2.42. The van der Waals surface area contributed by atoms with Gasteiger partial charge in [-0.25, -0.2) is 0 Å². The predicted molar refractivity (Wildman–Crippen MR) is 91.3 cm³/mol. The molecule has 1 saturated heterocycles. The van der Waals surface area contributed by atoms with E-state index in [1.807, 2.05) is 11.8 Å². The molecule has 1 saturated carbocycles. The summed E-state index contributed by atoms with van der Waals surface area (Å²) < 4.78 is 5.92. The number of anilines is 1. The van der Waals surface area contributed by atoms with E-state index in [4.69, 9.17) is 4.74 Å². The van der Waals surface area contributed by atoms with Gasteiger partial charge in [0.15, 0.2) is 0 Å². The summed E-state index contributed by atoms with van der Waals surface area (Å²) in [6.45, 7) is 5.83. The Morgan fingerprint density at radius 2 is 1.90 bits per heavy atom. The first-order valence-electron chi connectivity index (χ1n) is 7.99. The van der Waals surface area contributed by atoms with Crippen molar-refractivity contribution in [2.45, 2.75) is 30.6 Å². The lowest BCUT2D eigenvalue weighted by Gasteiger charge is -2.40. The Hall–Kier alpha value is -0.710. The molecule has 1 aromatic rings. The van der Waals surface area contributed by atoms with Crippen LogP contribution in [0.3, 0.4) is 0 Å². The molecule has 1 heterocycles. The second-order valence-corrected chi connectivity index (χ2v) is 7.38. The lowest BCUT2D eigenvalue weighted by molar-refractivity contribution is 0.122. The largest absolute Gasteiger partial charge is 0.378 e. The number of hydrogen-bond donors (Lipinski definition) is 1. The maximum absolute atomic E-state index is 5.40. The average Bonchev–Trinajstić information content (AvgIpc) is 2.51. The molecule has 0 aromatic heterocycles. The average molecular weight is 306 g/mol. The monoisotopic (exact) mass is 306 g/mol. The maximum Gasteiger partial charge on any atom is 0.0642 e. The van der Waals surface area contributed by atoms with Crippen molar-refractivity contribution in [1.82, 2.24) is 5.32 Å². The standard InChI is InChI=1S/C17H26N2OS/c1-21-17(7-2-8-17)14-18-13-15-3-5-16(6-4-15)19-9-11-20-12-10-19/h3-6,18H,2,7-14H2,1H3. The third kappa shape index (κ3) is 3.74. The van der Waals surface area contributed by atoms with E-state index in [9.17, 15) is 0 Å². The fourth-order valence-corrected chi connectivity index (χ4v) is 4.05. The summed E-state index contributed by atoms with van der Waals surface area (Å²) in [6, 6.07) is 9.00. The van der Waals surface area contributed by atoms with Crippen molar-refractivity contribution in [2.75, 3.05) is 44.0 Å². The molecular weight excluding hydrogens is 280 g/mol. The van der Waals surface area contributed by atoms with Gasteiger partial charge < -0.3 is 15.0 Å². The first-order valence-corrected chi connectivity index (χ1v) is 9.21. The van der Waals surface area contributed by atoms with Crippen molar-refractivity contribution in [3.63, 3.8) is 0 Å². The van der Waals surface area contributed by atoms with E-state index in [-0.39, 0.29) is 0 Å². The Balaban J connectivity index is 1.48. The predicted octanol–water partition coefficient (Wildman–Crippen LogP) is 2.90. The molecule has 0 amide bonds. The van der Waals surface area contributed by atoms with E-state index in [0.29, 0.717) is 4.75 Å². The van der Waals surface area contributed by atoms with Crippen LogP contribution in [0.2, 0.25) is 0 Å². The minimum absolute atomic E-state index is 0.522. The second kappa shape index (κ2) is 7.03. The molecule has 1 aromatic carbocycles. The first-order chi connectivity index (χ1) is 10.3. The van der Waals surface area contributed by atoms with Gasteiger partial charge in [0, 0.05) is 36.6 Å². The van der Waals surface area contributed by atoms with Crippen molar-refractivity contribution in [1.29, 1.82) is 0 Å². The smallest absolute Gasteiger partial charge is 0.0642 e. The van der Waals surface area contributed by atoms with E-state index in [1.54, 1.807) is 0 Å². The summed E-state index contributed by atoms with van der Waals surface area (Å²) in [5.41, 5.74) is 2.70. The van der Waals surface area contributed by atoms with Crippen LogP contribution in [0, 0.1) is 0 Å². The van der Waals surface area contributed by atoms with Gasteiger partial charge in [0.25, 0.3) is 0 Å². The number of ether oxygens (including phenoxy) is 1. The molecule has 1 aliphatic carbocycles. The molecule has 0 spiro atoms. The summed E-state index contributed by atoms with van der Waals surface area (Å²) >= 11 is 2.03. The Morgan fingerprint density at radius 1 is 1.19 bits per heavy atom. The second-order valence-electron chi connectivity index (χ2n) is 6.11. The molecule has 4 heteroatoms. The lowest BCUT2D eigenvalue weighted by Crippen LogP contribution is -2.43. The molecule has 3 rings (SSSR count). The number of thioether (sulfide) groups is 1. The van der Waals surface area contributed by atoms with Crippen molar-refractivity contribution in [3.05, 3.63) is 29.8 Å². The quantitative estimate of drug-likeness (QED) is 0.873. The normalized spacial score (nSPS) is 21.1. The number of benzene rings is 1. The molecule has 3 nitrogen and oxygen atoms in total. The number of morpholine rings is 1. The van der Waals surface area contributed by atoms with Crippen LogP contribution in [0.5, 0.6) is 0 Å². The van der Waals surface area contributed by atoms with Gasteiger partial charge in [-0.15, -0.1) is 0 Å². The highest BCUT2D eigenvalue weighted by atomic mass is 32.2. The van der Waals surface area contributed by atoms with Gasteiger partial charge in [0.2, 0.25) is 0 Å². The van der Waals surface area contributed by atoms with E-state index in [2.05, 4.69) is 40.7 Å². The zero-order chi connectivity index (χ0) is 14.5. The molecule has 1 N–H and O–H groups in total. The number of hydrogen-bond acceptors (Lipinski definition) is 4. The van der Waals surface area contributed by atoms with Gasteiger partial charge in [-0.3, -0.25) is 0 Å². The summed E-state index contributed by atoms with van der Waals surface area (Å²) in [5.74, 6) is 0. The highest BCUT2D eigenvalue weighted by molar-refractivity contribution is 8.00. The summed E-state index contributed by atoms with van der Waals surface area (Å²) in [5, 5.41) is 3.64. The molecule has 2 aliphatic rings. The lowest BCUT2D eigenvalue weighted by atomic mass is 9.84. The van der Waals surface area contributed by atoms with E-state index in [1.165, 1.54) is 30.5 Å². The SMILES string of the molecule is CSC1(CNCc2ccc(N3CCOCC3)cc2)CCC1. The zero-order valence-electron chi connectivity index (χ0n) is 12.9. The van der Waals surface area contributed by atoms with Crippen molar-refractivity contribution >= 4 is 17.4 Å². The van der Waals surface area contributed by atoms with Crippen molar-refractivity contribution in [2.24, 2.45) is 0 Å². The Labute approximate surface area is 132 Å². The van der Waals surface area contributed by atoms with Crippen molar-refractivity contribution < 1.29 is 4.74 Å². The van der Waals surface area contributed by atoms with Gasteiger partial charge in [-0.2, -0.15) is 11.8 Å². The molecule has 0 unspecified atom stereocenters. The topological polar surface area (TPSA) is 24.5 Å². The van der Waals surface area contributed by atoms with Crippen LogP contribution >= 0.6 is 11.8 Å². The third-order valence-corrected chi connectivity index (χ3v) is 6.21. The summed E-state index contributed by atoms with van der Waals surface area (Å²) in [7, 11) is 0. The molecule has 0 radical (unpaired) electrons. The van der Waals surface area contributed by atoms with Crippen LogP contribution in [0.1, 0.15) is 24.8 Å². The van der Waals surface area contributed by atoms with Crippen LogP contribution in [0.25, 0.3) is 0 Å².